The lowest BCUT2D eigenvalue weighted by Crippen LogP contribution is -2.62. The minimum absolute atomic E-state index is 0.0274. The number of hydrogen-bond acceptors (Lipinski definition) is 3. The minimum atomic E-state index is -0.834. The molecule has 0 radical (unpaired) electrons. The summed E-state index contributed by atoms with van der Waals surface area (Å²) in [5.74, 6) is -1.91. The Bertz CT molecular complexity index is 639. The van der Waals surface area contributed by atoms with Crippen LogP contribution in [0, 0.1) is 24.0 Å². The quantitative estimate of drug-likeness (QED) is 0.921. The summed E-state index contributed by atoms with van der Waals surface area (Å²) in [6.45, 7) is 4.91. The molecule has 0 aromatic heterocycles. The Balaban J connectivity index is 1.71. The zero-order valence-corrected chi connectivity index (χ0v) is 14.0. The number of carbonyl (C=O) groups excluding carboxylic acids is 1. The van der Waals surface area contributed by atoms with E-state index < -0.39 is 23.6 Å². The van der Waals surface area contributed by atoms with E-state index in [1.54, 1.807) is 4.90 Å². The van der Waals surface area contributed by atoms with Crippen molar-refractivity contribution in [3.05, 3.63) is 34.9 Å². The average molecular weight is 339 g/mol. The summed E-state index contributed by atoms with van der Waals surface area (Å²) in [6.07, 6.45) is 1.52. The fraction of sp³-hybridized carbons (Fsp3) is 0.611. The molecule has 2 atom stereocenters. The van der Waals surface area contributed by atoms with Gasteiger partial charge in [-0.3, -0.25) is 4.79 Å². The van der Waals surface area contributed by atoms with E-state index in [9.17, 15) is 18.7 Å². The third kappa shape index (κ3) is 2.71. The average Bonchev–Trinajstić information content (AvgIpc) is 2.57. The van der Waals surface area contributed by atoms with Gasteiger partial charge in [-0.05, 0) is 38.3 Å². The van der Waals surface area contributed by atoms with Crippen LogP contribution in [0.25, 0.3) is 0 Å². The van der Waals surface area contributed by atoms with Gasteiger partial charge in [0, 0.05) is 37.6 Å². The van der Waals surface area contributed by atoms with E-state index in [4.69, 9.17) is 4.74 Å². The van der Waals surface area contributed by atoms with Crippen molar-refractivity contribution in [1.82, 2.24) is 4.90 Å². The molecule has 24 heavy (non-hydrogen) atoms. The molecule has 1 amide bonds. The fourth-order valence-electron chi connectivity index (χ4n) is 3.93. The lowest BCUT2D eigenvalue weighted by atomic mass is 9.58. The number of rotatable bonds is 3. The van der Waals surface area contributed by atoms with E-state index in [0.717, 1.165) is 6.07 Å². The second-order valence-corrected chi connectivity index (χ2v) is 6.80. The van der Waals surface area contributed by atoms with Gasteiger partial charge in [0.2, 0.25) is 0 Å². The van der Waals surface area contributed by atoms with Gasteiger partial charge >= 0.3 is 0 Å². The minimum Gasteiger partial charge on any atom is -0.392 e. The van der Waals surface area contributed by atoms with Crippen LogP contribution in [-0.4, -0.2) is 47.8 Å². The number of carbonyl (C=O) groups is 1. The SMILES string of the molecule is CCOC1CC(O)C12CCN(C(=O)c1cc(C)c(F)cc1F)CC2. The van der Waals surface area contributed by atoms with Crippen molar-refractivity contribution in [3.63, 3.8) is 0 Å². The van der Waals surface area contributed by atoms with Crippen molar-refractivity contribution in [3.8, 4) is 0 Å². The van der Waals surface area contributed by atoms with Crippen LogP contribution >= 0.6 is 0 Å². The monoisotopic (exact) mass is 339 g/mol. The van der Waals surface area contributed by atoms with E-state index in [-0.39, 0.29) is 22.6 Å². The summed E-state index contributed by atoms with van der Waals surface area (Å²) in [5.41, 5.74) is -0.135. The molecule has 1 aromatic carbocycles. The second kappa shape index (κ2) is 6.41. The molecule has 132 valence electrons. The van der Waals surface area contributed by atoms with Gasteiger partial charge in [-0.2, -0.15) is 0 Å². The van der Waals surface area contributed by atoms with Crippen molar-refractivity contribution in [2.45, 2.75) is 45.3 Å². The molecular weight excluding hydrogens is 316 g/mol. The van der Waals surface area contributed by atoms with Crippen molar-refractivity contribution in [2.24, 2.45) is 5.41 Å². The Hall–Kier alpha value is -1.53. The maximum Gasteiger partial charge on any atom is 0.256 e. The van der Waals surface area contributed by atoms with E-state index in [1.165, 1.54) is 13.0 Å². The Morgan fingerprint density at radius 2 is 2.00 bits per heavy atom. The van der Waals surface area contributed by atoms with Crippen LogP contribution in [0.1, 0.15) is 42.1 Å². The number of aryl methyl sites for hydroxylation is 1. The third-order valence-corrected chi connectivity index (χ3v) is 5.57. The summed E-state index contributed by atoms with van der Waals surface area (Å²) in [4.78, 5) is 14.1. The summed E-state index contributed by atoms with van der Waals surface area (Å²) in [5, 5.41) is 10.2. The van der Waals surface area contributed by atoms with Gasteiger partial charge in [0.1, 0.15) is 11.6 Å². The number of piperidine rings is 1. The maximum atomic E-state index is 13.9. The van der Waals surface area contributed by atoms with Gasteiger partial charge in [-0.25, -0.2) is 8.78 Å². The molecule has 1 N–H and O–H groups in total. The topological polar surface area (TPSA) is 49.8 Å². The largest absolute Gasteiger partial charge is 0.392 e. The number of hydrogen-bond donors (Lipinski definition) is 1. The standard InChI is InChI=1S/C18H23F2NO3/c1-3-24-16-10-15(22)18(16)4-6-21(7-5-18)17(23)12-8-11(2)13(19)9-14(12)20/h8-9,15-16,22H,3-7,10H2,1-2H3. The number of ether oxygens (including phenoxy) is 1. The maximum absolute atomic E-state index is 13.9. The highest BCUT2D eigenvalue weighted by Gasteiger charge is 2.56. The molecule has 2 unspecified atom stereocenters. The van der Waals surface area contributed by atoms with E-state index in [0.29, 0.717) is 39.0 Å². The Morgan fingerprint density at radius 1 is 1.33 bits per heavy atom. The first-order valence-corrected chi connectivity index (χ1v) is 8.43. The summed E-state index contributed by atoms with van der Waals surface area (Å²) in [7, 11) is 0. The Labute approximate surface area is 140 Å². The normalized spacial score (nSPS) is 25.6. The molecule has 1 saturated heterocycles. The lowest BCUT2D eigenvalue weighted by Gasteiger charge is -2.56. The molecule has 3 rings (SSSR count). The molecule has 1 aliphatic carbocycles. The zero-order chi connectivity index (χ0) is 17.5. The van der Waals surface area contributed by atoms with Gasteiger partial charge in [0.05, 0.1) is 17.8 Å². The third-order valence-electron chi connectivity index (χ3n) is 5.57. The van der Waals surface area contributed by atoms with Crippen LogP contribution < -0.4 is 0 Å². The van der Waals surface area contributed by atoms with Gasteiger partial charge in [0.15, 0.2) is 0 Å². The summed E-state index contributed by atoms with van der Waals surface area (Å²) >= 11 is 0. The molecule has 2 aliphatic rings. The predicted octanol–water partition coefficient (Wildman–Crippen LogP) is 2.67. The van der Waals surface area contributed by atoms with Gasteiger partial charge in [-0.1, -0.05) is 0 Å². The number of aliphatic hydroxyl groups is 1. The summed E-state index contributed by atoms with van der Waals surface area (Å²) < 4.78 is 33.0. The molecule has 2 fully saturated rings. The Kier molecular flexibility index (Phi) is 4.62. The van der Waals surface area contributed by atoms with Gasteiger partial charge < -0.3 is 14.7 Å². The van der Waals surface area contributed by atoms with Crippen LogP contribution in [0.5, 0.6) is 0 Å². The van der Waals surface area contributed by atoms with Gasteiger partial charge in [0.25, 0.3) is 5.91 Å². The zero-order valence-electron chi connectivity index (χ0n) is 14.0. The van der Waals surface area contributed by atoms with Crippen molar-refractivity contribution in [1.29, 1.82) is 0 Å². The molecule has 1 spiro atoms. The van der Waals surface area contributed by atoms with Crippen molar-refractivity contribution >= 4 is 5.91 Å². The van der Waals surface area contributed by atoms with E-state index in [1.807, 2.05) is 6.92 Å². The highest BCUT2D eigenvalue weighted by molar-refractivity contribution is 5.94. The Morgan fingerprint density at radius 3 is 2.58 bits per heavy atom. The lowest BCUT2D eigenvalue weighted by molar-refractivity contribution is -0.207. The fourth-order valence-corrected chi connectivity index (χ4v) is 3.93. The molecule has 0 bridgehead atoms. The predicted molar refractivity (Wildman–Crippen MR) is 84.7 cm³/mol. The van der Waals surface area contributed by atoms with Crippen LogP contribution in [0.2, 0.25) is 0 Å². The van der Waals surface area contributed by atoms with Gasteiger partial charge in [-0.15, -0.1) is 0 Å². The number of halogens is 2. The first-order chi connectivity index (χ1) is 11.4. The highest BCUT2D eigenvalue weighted by atomic mass is 19.1. The molecule has 1 aliphatic heterocycles. The first-order valence-electron chi connectivity index (χ1n) is 8.43. The van der Waals surface area contributed by atoms with Crippen LogP contribution in [0.4, 0.5) is 8.78 Å². The van der Waals surface area contributed by atoms with Crippen molar-refractivity contribution < 1.29 is 23.4 Å². The van der Waals surface area contributed by atoms with Crippen LogP contribution in [-0.2, 0) is 4.74 Å². The molecular formula is C18H23F2NO3. The van der Waals surface area contributed by atoms with Crippen molar-refractivity contribution in [2.75, 3.05) is 19.7 Å². The molecule has 4 nitrogen and oxygen atoms in total. The highest BCUT2D eigenvalue weighted by Crippen LogP contribution is 2.51. The number of aliphatic hydroxyl groups excluding tert-OH is 1. The van der Waals surface area contributed by atoms with E-state index >= 15 is 0 Å². The molecule has 6 heteroatoms. The second-order valence-electron chi connectivity index (χ2n) is 6.80. The number of amides is 1. The molecule has 1 aromatic rings. The number of likely N-dealkylation sites (tertiary alicyclic amines) is 1. The number of benzene rings is 1. The smallest absolute Gasteiger partial charge is 0.256 e. The summed E-state index contributed by atoms with van der Waals surface area (Å²) in [6, 6.07) is 2.02. The number of nitrogens with zero attached hydrogens (tertiary/aromatic N) is 1. The first kappa shape index (κ1) is 17.3. The van der Waals surface area contributed by atoms with Crippen LogP contribution in [0.3, 0.4) is 0 Å². The molecule has 1 heterocycles. The van der Waals surface area contributed by atoms with Crippen LogP contribution in [0.15, 0.2) is 12.1 Å². The molecule has 1 saturated carbocycles. The van der Waals surface area contributed by atoms with E-state index in [2.05, 4.69) is 0 Å².